The summed E-state index contributed by atoms with van der Waals surface area (Å²) in [5, 5.41) is 8.08. The van der Waals surface area contributed by atoms with Crippen molar-refractivity contribution >= 4 is 97.5 Å². The van der Waals surface area contributed by atoms with Crippen molar-refractivity contribution in [1.82, 2.24) is 55.5 Å². The zero-order valence-corrected chi connectivity index (χ0v) is 61.4. The average molecular weight is 1460 g/mol. The summed E-state index contributed by atoms with van der Waals surface area (Å²) in [5.74, 6) is 0.636. The van der Waals surface area contributed by atoms with Gasteiger partial charge in [0.1, 0.15) is 17.5 Å². The largest absolute Gasteiger partial charge is 0.465 e. The third kappa shape index (κ3) is 20.4. The molecule has 10 N–H and O–H groups in total. The van der Waals surface area contributed by atoms with Crippen LogP contribution < -0.4 is 33.6 Å². The third-order valence-corrected chi connectivity index (χ3v) is 20.1. The molecule has 28 heteroatoms. The molecule has 0 atom stereocenters. The van der Waals surface area contributed by atoms with Crippen LogP contribution >= 0.6 is 0 Å². The number of sulfone groups is 3. The van der Waals surface area contributed by atoms with Crippen molar-refractivity contribution in [3.63, 3.8) is 0 Å². The molecule has 536 valence electrons. The number of anilines is 3. The molecule has 0 fully saturated rings. The number of methoxy groups -OCH3 is 1. The van der Waals surface area contributed by atoms with Crippen molar-refractivity contribution < 1.29 is 44.4 Å². The summed E-state index contributed by atoms with van der Waals surface area (Å²) in [4.78, 5) is 76.8. The van der Waals surface area contributed by atoms with Gasteiger partial charge in [0.15, 0.2) is 29.5 Å². The lowest BCUT2D eigenvalue weighted by molar-refractivity contribution is 0.0600. The smallest absolute Gasteiger partial charge is 0.337 e. The number of nitrogens with one attached hydrogen (secondary N) is 2. The Morgan fingerprint density at radius 1 is 0.404 bits per heavy atom. The molecular formula is C76H79N15O10S3. The van der Waals surface area contributed by atoms with E-state index < -0.39 is 35.5 Å². The molecule has 104 heavy (non-hydrogen) atoms. The number of rotatable bonds is 17. The Bertz CT molecular complexity index is 5350. The van der Waals surface area contributed by atoms with Crippen LogP contribution in [0.3, 0.4) is 0 Å². The number of esters is 1. The van der Waals surface area contributed by atoms with Crippen molar-refractivity contribution in [2.45, 2.75) is 95.1 Å². The molecule has 12 rings (SSSR count). The number of nitrogen functional groups attached to an aromatic ring is 3. The minimum Gasteiger partial charge on any atom is -0.465 e. The summed E-state index contributed by atoms with van der Waals surface area (Å²) in [6.45, 7) is 12.7. The fourth-order valence-corrected chi connectivity index (χ4v) is 13.3. The molecule has 0 bridgehead atoms. The highest BCUT2D eigenvalue weighted by Gasteiger charge is 2.17. The van der Waals surface area contributed by atoms with Crippen LogP contribution in [0, 0.1) is 41.5 Å². The van der Waals surface area contributed by atoms with Crippen LogP contribution in [0.25, 0.3) is 32.7 Å². The molecule has 0 spiro atoms. The Labute approximate surface area is 603 Å². The zero-order valence-electron chi connectivity index (χ0n) is 59.0. The topological polar surface area (TPSA) is 407 Å². The SMILES string of the molecule is COC(=O)c1ccnc(Cc2cnc3ccc(S(C)(=O)=O)cc3c2)c1.Cc1cc(N)nc(C)c1CN.Cc1cc(N)nc(C)c1CNC(=O)c1ccnc(Cc2cnc3ccc(S(C)(=O)=O)cc3c2)c1.Cc1cc(N)nc(C)c1CNC(=O)c1ccnc(Cc2cnc3ccc(S(C)(=O)=O)cc3c2)c1. The maximum absolute atomic E-state index is 12.8. The molecule has 12 aromatic rings. The number of fused-ring (bicyclic) bond motifs is 3. The number of nitrogens with two attached hydrogens (primary N) is 4. The van der Waals surface area contributed by atoms with Gasteiger partial charge in [0.2, 0.25) is 0 Å². The van der Waals surface area contributed by atoms with Crippen LogP contribution in [0.5, 0.6) is 0 Å². The number of ether oxygens (including phenoxy) is 1. The third-order valence-electron chi connectivity index (χ3n) is 16.7. The molecule has 0 aliphatic rings. The molecule has 0 aliphatic heterocycles. The fourth-order valence-electron chi connectivity index (χ4n) is 11.4. The van der Waals surface area contributed by atoms with Gasteiger partial charge in [0.05, 0.1) is 43.9 Å². The van der Waals surface area contributed by atoms with Crippen molar-refractivity contribution in [3.8, 4) is 0 Å². The molecule has 0 saturated carbocycles. The summed E-state index contributed by atoms with van der Waals surface area (Å²) in [5.41, 5.74) is 39.4. The van der Waals surface area contributed by atoms with Crippen LogP contribution in [0.15, 0.2) is 179 Å². The van der Waals surface area contributed by atoms with Gasteiger partial charge in [-0.1, -0.05) is 0 Å². The van der Waals surface area contributed by atoms with E-state index in [1.165, 1.54) is 25.9 Å². The zero-order chi connectivity index (χ0) is 75.4. The van der Waals surface area contributed by atoms with E-state index in [0.717, 1.165) is 83.3 Å². The van der Waals surface area contributed by atoms with Crippen LogP contribution in [0.1, 0.15) is 115 Å². The number of carbonyl (C=O) groups is 3. The molecular weight excluding hydrogens is 1380 g/mol. The summed E-state index contributed by atoms with van der Waals surface area (Å²) in [7, 11) is -8.57. The van der Waals surface area contributed by atoms with E-state index in [2.05, 4.69) is 55.5 Å². The average Bonchev–Trinajstić information content (AvgIpc) is 0.811. The summed E-state index contributed by atoms with van der Waals surface area (Å²) >= 11 is 0. The van der Waals surface area contributed by atoms with E-state index in [1.807, 2.05) is 65.8 Å². The molecule has 9 heterocycles. The van der Waals surface area contributed by atoms with Gasteiger partial charge in [-0.2, -0.15) is 0 Å². The second-order valence-corrected chi connectivity index (χ2v) is 30.9. The lowest BCUT2D eigenvalue weighted by atomic mass is 10.1. The number of amides is 2. The first kappa shape index (κ1) is 76.6. The van der Waals surface area contributed by atoms with Crippen LogP contribution in [0.2, 0.25) is 0 Å². The van der Waals surface area contributed by atoms with Gasteiger partial charge < -0.3 is 38.3 Å². The number of hydrogen-bond acceptors (Lipinski definition) is 23. The standard InChI is InChI=1S/2C25H25N5O3S.C18H16N2O4S.C8H13N3/c2*1-15-8-24(26)30-16(2)22(15)14-29-25(31)18-6-7-27-20(11-18)10-17-9-19-12-21(34(3,32)33)4-5-23(19)28-13-17;1-24-18(21)13-5-6-19-15(9-13)8-12-7-14-10-16(25(2,22)23)3-4-17(14)20-11-12;1-5-3-8(10)11-6(2)7(5)4-9/h2*4-9,11-13H,10,14H2,1-3H3,(H2,26,30)(H,29,31);3-7,9-11H,8H2,1-2H3;3H,4,9H2,1-2H3,(H2,10,11). The van der Waals surface area contributed by atoms with Gasteiger partial charge >= 0.3 is 5.97 Å². The lowest BCUT2D eigenvalue weighted by Crippen LogP contribution is -2.24. The number of carbonyl (C=O) groups excluding carboxylic acids is 3. The van der Waals surface area contributed by atoms with Crippen LogP contribution in [0.4, 0.5) is 17.5 Å². The highest BCUT2D eigenvalue weighted by Crippen LogP contribution is 2.25. The van der Waals surface area contributed by atoms with Gasteiger partial charge in [-0.05, 0) is 219 Å². The second-order valence-electron chi connectivity index (χ2n) is 24.9. The van der Waals surface area contributed by atoms with Crippen molar-refractivity contribution in [2.75, 3.05) is 43.1 Å². The maximum atomic E-state index is 12.8. The van der Waals surface area contributed by atoms with Crippen LogP contribution in [-0.2, 0) is 73.1 Å². The highest BCUT2D eigenvalue weighted by molar-refractivity contribution is 7.91. The van der Waals surface area contributed by atoms with Crippen molar-refractivity contribution in [2.24, 2.45) is 5.73 Å². The Kier molecular flexibility index (Phi) is 24.3. The molecule has 2 amide bonds. The van der Waals surface area contributed by atoms with Crippen molar-refractivity contribution in [1.29, 1.82) is 0 Å². The van der Waals surface area contributed by atoms with Gasteiger partial charge in [0.25, 0.3) is 11.8 Å². The monoisotopic (exact) mass is 1460 g/mol. The van der Waals surface area contributed by atoms with E-state index in [9.17, 15) is 39.6 Å². The molecule has 0 unspecified atom stereocenters. The van der Waals surface area contributed by atoms with E-state index in [1.54, 1.807) is 140 Å². The second kappa shape index (κ2) is 33.0. The van der Waals surface area contributed by atoms with Gasteiger partial charge in [-0.15, -0.1) is 0 Å². The van der Waals surface area contributed by atoms with E-state index in [0.29, 0.717) is 107 Å². The first-order valence-electron chi connectivity index (χ1n) is 32.4. The summed E-state index contributed by atoms with van der Waals surface area (Å²) in [6.07, 6.45) is 14.8. The quantitative estimate of drug-likeness (QED) is 0.0462. The fraction of sp³-hybridized carbons (Fsp3) is 0.211. The van der Waals surface area contributed by atoms with E-state index in [-0.39, 0.29) is 26.5 Å². The Morgan fingerprint density at radius 2 is 0.712 bits per heavy atom. The maximum Gasteiger partial charge on any atom is 0.337 e. The van der Waals surface area contributed by atoms with Crippen molar-refractivity contribution in [3.05, 3.63) is 265 Å². The van der Waals surface area contributed by atoms with Gasteiger partial charge in [0, 0.05) is 156 Å². The normalized spacial score (nSPS) is 11.3. The number of benzene rings is 3. The Balaban J connectivity index is 0.000000170. The molecule has 25 nitrogen and oxygen atoms in total. The van der Waals surface area contributed by atoms with Gasteiger partial charge in [-0.3, -0.25) is 39.5 Å². The number of aryl methyl sites for hydroxylation is 6. The summed E-state index contributed by atoms with van der Waals surface area (Å²) < 4.78 is 75.6. The van der Waals surface area contributed by atoms with E-state index in [4.69, 9.17) is 27.7 Å². The number of pyridine rings is 9. The summed E-state index contributed by atoms with van der Waals surface area (Å²) in [6, 6.07) is 35.7. The Morgan fingerprint density at radius 3 is 1.01 bits per heavy atom. The first-order valence-corrected chi connectivity index (χ1v) is 38.0. The number of aromatic nitrogens is 9. The lowest BCUT2D eigenvalue weighted by Gasteiger charge is -2.12. The van der Waals surface area contributed by atoms with E-state index >= 15 is 0 Å². The Hall–Kier alpha value is -11.6. The minimum atomic E-state index is -3.31. The molecule has 0 saturated heterocycles. The predicted molar refractivity (Wildman–Crippen MR) is 402 cm³/mol. The highest BCUT2D eigenvalue weighted by atomic mass is 32.2. The van der Waals surface area contributed by atoms with Crippen LogP contribution in [-0.4, -0.2) is 114 Å². The van der Waals surface area contributed by atoms with Gasteiger partial charge in [-0.25, -0.2) is 45.0 Å². The molecule has 9 aromatic heterocycles. The number of hydrogen-bond donors (Lipinski definition) is 6. The molecule has 3 aromatic carbocycles. The molecule has 0 aliphatic carbocycles. The molecule has 0 radical (unpaired) electrons. The number of nitrogens with zero attached hydrogens (tertiary/aromatic N) is 9. The predicted octanol–water partition coefficient (Wildman–Crippen LogP) is 9.45. The first-order chi connectivity index (χ1) is 49.2. The minimum absolute atomic E-state index is 0.214.